The van der Waals surface area contributed by atoms with Gasteiger partial charge >= 0.3 is 0 Å². The van der Waals surface area contributed by atoms with Gasteiger partial charge in [-0.1, -0.05) is 35.3 Å². The quantitative estimate of drug-likeness (QED) is 0.329. The molecule has 3 rings (SSSR count). The fourth-order valence-corrected chi connectivity index (χ4v) is 4.70. The molecular formula is C23H18Cl2FNO4S. The van der Waals surface area contributed by atoms with Crippen LogP contribution in [0.25, 0.3) is 0 Å². The standard InChI is InChI=1S/C23H18Cl2FNO4S/c24-15-7-12-21(19(14-15)23(29)18-4-1-2-5-20(18)25)27-22(28)6-3-13-32(30,31)17-10-8-16(26)9-11-17/h1-2,4-5,7-12,14H,3,6,13H2,(H,27,28). The summed E-state index contributed by atoms with van der Waals surface area (Å²) in [4.78, 5) is 25.4. The Kier molecular flexibility index (Phi) is 7.66. The molecule has 0 atom stereocenters. The van der Waals surface area contributed by atoms with Crippen LogP contribution in [0.15, 0.2) is 71.6 Å². The molecule has 32 heavy (non-hydrogen) atoms. The average Bonchev–Trinajstić information content (AvgIpc) is 2.75. The first-order chi connectivity index (χ1) is 15.2. The Morgan fingerprint density at radius 2 is 1.59 bits per heavy atom. The maximum absolute atomic E-state index is 13.0. The van der Waals surface area contributed by atoms with Crippen LogP contribution in [0.3, 0.4) is 0 Å². The van der Waals surface area contributed by atoms with Crippen LogP contribution in [0.2, 0.25) is 10.0 Å². The zero-order valence-electron chi connectivity index (χ0n) is 16.6. The number of hydrogen-bond acceptors (Lipinski definition) is 4. The second kappa shape index (κ2) is 10.3. The Morgan fingerprint density at radius 3 is 2.28 bits per heavy atom. The van der Waals surface area contributed by atoms with Crippen molar-refractivity contribution in [3.05, 3.63) is 93.7 Å². The third-order valence-corrected chi connectivity index (χ3v) is 6.99. The van der Waals surface area contributed by atoms with E-state index in [9.17, 15) is 22.4 Å². The van der Waals surface area contributed by atoms with E-state index in [1.165, 1.54) is 30.3 Å². The van der Waals surface area contributed by atoms with Gasteiger partial charge in [-0.2, -0.15) is 0 Å². The smallest absolute Gasteiger partial charge is 0.224 e. The summed E-state index contributed by atoms with van der Waals surface area (Å²) < 4.78 is 37.7. The number of halogens is 3. The lowest BCUT2D eigenvalue weighted by Crippen LogP contribution is -2.16. The first kappa shape index (κ1) is 23.9. The van der Waals surface area contributed by atoms with Gasteiger partial charge in [0.25, 0.3) is 0 Å². The molecule has 9 heteroatoms. The summed E-state index contributed by atoms with van der Waals surface area (Å²) in [7, 11) is -3.65. The molecule has 1 N–H and O–H groups in total. The summed E-state index contributed by atoms with van der Waals surface area (Å²) in [6.45, 7) is 0. The number of rotatable bonds is 8. The van der Waals surface area contributed by atoms with Gasteiger partial charge in [-0.15, -0.1) is 0 Å². The molecule has 0 aliphatic heterocycles. The number of nitrogens with one attached hydrogen (secondary N) is 1. The van der Waals surface area contributed by atoms with Crippen LogP contribution in [-0.4, -0.2) is 25.9 Å². The van der Waals surface area contributed by atoms with Crippen LogP contribution < -0.4 is 5.32 Å². The molecule has 0 unspecified atom stereocenters. The van der Waals surface area contributed by atoms with Gasteiger partial charge in [-0.05, 0) is 61.0 Å². The van der Waals surface area contributed by atoms with Crippen molar-refractivity contribution in [2.75, 3.05) is 11.1 Å². The Labute approximate surface area is 195 Å². The largest absolute Gasteiger partial charge is 0.325 e. The van der Waals surface area contributed by atoms with Crippen LogP contribution in [-0.2, 0) is 14.6 Å². The van der Waals surface area contributed by atoms with Crippen molar-refractivity contribution in [2.45, 2.75) is 17.7 Å². The molecule has 0 aromatic heterocycles. The number of ketones is 1. The molecule has 3 aromatic carbocycles. The minimum Gasteiger partial charge on any atom is -0.325 e. The predicted octanol–water partition coefficient (Wildman–Crippen LogP) is 5.56. The van der Waals surface area contributed by atoms with Gasteiger partial charge in [0.05, 0.1) is 21.4 Å². The van der Waals surface area contributed by atoms with E-state index in [1.54, 1.807) is 24.3 Å². The Bertz CT molecular complexity index is 1260. The van der Waals surface area contributed by atoms with E-state index in [4.69, 9.17) is 23.2 Å². The van der Waals surface area contributed by atoms with Crippen LogP contribution >= 0.6 is 23.2 Å². The number of benzene rings is 3. The van der Waals surface area contributed by atoms with Gasteiger partial charge in [-0.3, -0.25) is 9.59 Å². The molecule has 0 heterocycles. The Morgan fingerprint density at radius 1 is 0.906 bits per heavy atom. The molecule has 0 fully saturated rings. The number of amides is 1. The average molecular weight is 494 g/mol. The number of carbonyl (C=O) groups is 2. The van der Waals surface area contributed by atoms with Crippen LogP contribution in [0.1, 0.15) is 28.8 Å². The summed E-state index contributed by atoms with van der Waals surface area (Å²) in [5.41, 5.74) is 0.668. The van der Waals surface area contributed by atoms with Crippen molar-refractivity contribution in [1.82, 2.24) is 0 Å². The molecule has 1 amide bonds. The number of sulfone groups is 1. The van der Waals surface area contributed by atoms with Crippen molar-refractivity contribution < 1.29 is 22.4 Å². The molecule has 0 spiro atoms. The van der Waals surface area contributed by atoms with Gasteiger partial charge in [0.1, 0.15) is 5.82 Å². The maximum atomic E-state index is 13.0. The van der Waals surface area contributed by atoms with E-state index < -0.39 is 27.3 Å². The lowest BCUT2D eigenvalue weighted by molar-refractivity contribution is -0.116. The second-order valence-electron chi connectivity index (χ2n) is 6.92. The van der Waals surface area contributed by atoms with E-state index in [1.807, 2.05) is 0 Å². The van der Waals surface area contributed by atoms with Crippen molar-refractivity contribution >= 4 is 50.4 Å². The van der Waals surface area contributed by atoms with E-state index >= 15 is 0 Å². The number of anilines is 1. The highest BCUT2D eigenvalue weighted by Crippen LogP contribution is 2.27. The van der Waals surface area contributed by atoms with E-state index in [0.29, 0.717) is 5.02 Å². The van der Waals surface area contributed by atoms with E-state index in [0.717, 1.165) is 12.1 Å². The normalized spacial score (nSPS) is 11.2. The molecular weight excluding hydrogens is 476 g/mol. The van der Waals surface area contributed by atoms with E-state index in [-0.39, 0.29) is 45.3 Å². The summed E-state index contributed by atoms with van der Waals surface area (Å²) in [5, 5.41) is 3.21. The topological polar surface area (TPSA) is 80.3 Å². The fourth-order valence-electron chi connectivity index (χ4n) is 3.00. The highest BCUT2D eigenvalue weighted by molar-refractivity contribution is 7.91. The highest BCUT2D eigenvalue weighted by atomic mass is 35.5. The lowest BCUT2D eigenvalue weighted by atomic mass is 10.0. The maximum Gasteiger partial charge on any atom is 0.224 e. The molecule has 0 saturated heterocycles. The molecule has 0 radical (unpaired) electrons. The van der Waals surface area contributed by atoms with Crippen molar-refractivity contribution in [2.24, 2.45) is 0 Å². The van der Waals surface area contributed by atoms with Gasteiger partial charge < -0.3 is 5.32 Å². The molecule has 5 nitrogen and oxygen atoms in total. The summed E-state index contributed by atoms with van der Waals surface area (Å²) in [5.74, 6) is -1.69. The monoisotopic (exact) mass is 493 g/mol. The molecule has 3 aromatic rings. The van der Waals surface area contributed by atoms with Crippen LogP contribution in [0.4, 0.5) is 10.1 Å². The first-order valence-corrected chi connectivity index (χ1v) is 11.9. The van der Waals surface area contributed by atoms with Gasteiger partial charge in [0.15, 0.2) is 15.6 Å². The van der Waals surface area contributed by atoms with Crippen molar-refractivity contribution in [3.8, 4) is 0 Å². The summed E-state index contributed by atoms with van der Waals surface area (Å²) in [6, 6.07) is 15.5. The second-order valence-corrected chi connectivity index (χ2v) is 9.88. The van der Waals surface area contributed by atoms with Gasteiger partial charge in [-0.25, -0.2) is 12.8 Å². The Balaban J connectivity index is 1.68. The zero-order chi connectivity index (χ0) is 23.3. The molecule has 0 aliphatic rings. The van der Waals surface area contributed by atoms with Gasteiger partial charge in [0.2, 0.25) is 5.91 Å². The van der Waals surface area contributed by atoms with Gasteiger partial charge in [0, 0.05) is 22.6 Å². The zero-order valence-corrected chi connectivity index (χ0v) is 19.0. The SMILES string of the molecule is O=C(CCCS(=O)(=O)c1ccc(F)cc1)Nc1ccc(Cl)cc1C(=O)c1ccccc1Cl. The van der Waals surface area contributed by atoms with Crippen LogP contribution in [0, 0.1) is 5.82 Å². The lowest BCUT2D eigenvalue weighted by Gasteiger charge is -2.12. The van der Waals surface area contributed by atoms with Crippen LogP contribution in [0.5, 0.6) is 0 Å². The number of hydrogen-bond donors (Lipinski definition) is 1. The van der Waals surface area contributed by atoms with E-state index in [2.05, 4.69) is 5.32 Å². The molecule has 0 bridgehead atoms. The molecule has 0 aliphatic carbocycles. The summed E-state index contributed by atoms with van der Waals surface area (Å²) in [6.07, 6.45) is -0.0459. The predicted molar refractivity (Wildman–Crippen MR) is 123 cm³/mol. The third-order valence-electron chi connectivity index (χ3n) is 4.61. The van der Waals surface area contributed by atoms with Crippen molar-refractivity contribution in [1.29, 1.82) is 0 Å². The third kappa shape index (κ3) is 5.94. The number of carbonyl (C=O) groups excluding carboxylic acids is 2. The minimum atomic E-state index is -3.65. The minimum absolute atomic E-state index is 0.00960. The molecule has 166 valence electrons. The highest BCUT2D eigenvalue weighted by Gasteiger charge is 2.19. The first-order valence-electron chi connectivity index (χ1n) is 9.54. The molecule has 0 saturated carbocycles. The summed E-state index contributed by atoms with van der Waals surface area (Å²) >= 11 is 12.2. The van der Waals surface area contributed by atoms with Crippen molar-refractivity contribution in [3.63, 3.8) is 0 Å². The fraction of sp³-hybridized carbons (Fsp3) is 0.130. The Hall–Kier alpha value is -2.74.